The van der Waals surface area contributed by atoms with Crippen molar-refractivity contribution in [1.82, 2.24) is 10.2 Å². The summed E-state index contributed by atoms with van der Waals surface area (Å²) in [6.45, 7) is 4.04. The lowest BCUT2D eigenvalue weighted by atomic mass is 10.0. The Morgan fingerprint density at radius 1 is 1.25 bits per heavy atom. The van der Waals surface area contributed by atoms with Crippen LogP contribution in [0.25, 0.3) is 0 Å². The maximum absolute atomic E-state index is 12.2. The van der Waals surface area contributed by atoms with E-state index in [0.29, 0.717) is 23.5 Å². The molecule has 2 heterocycles. The topological polar surface area (TPSA) is 32.3 Å². The van der Waals surface area contributed by atoms with Crippen molar-refractivity contribution in [3.05, 3.63) is 34.9 Å². The molecular formula is C15H19ClN2OS. The van der Waals surface area contributed by atoms with Crippen molar-refractivity contribution in [2.75, 3.05) is 31.9 Å². The first-order valence-corrected chi connectivity index (χ1v) is 8.56. The van der Waals surface area contributed by atoms with Crippen LogP contribution >= 0.6 is 23.4 Å². The van der Waals surface area contributed by atoms with Gasteiger partial charge >= 0.3 is 0 Å². The average Bonchev–Trinajstić information content (AvgIpc) is 3.02. The molecule has 0 aliphatic carbocycles. The number of halogens is 1. The molecule has 1 amide bonds. The molecule has 2 saturated heterocycles. The van der Waals surface area contributed by atoms with Crippen LogP contribution in [0.1, 0.15) is 5.56 Å². The third-order valence-electron chi connectivity index (χ3n) is 4.15. The molecule has 0 aromatic heterocycles. The summed E-state index contributed by atoms with van der Waals surface area (Å²) in [5.41, 5.74) is 1.22. The summed E-state index contributed by atoms with van der Waals surface area (Å²) < 4.78 is 0. The van der Waals surface area contributed by atoms with Crippen molar-refractivity contribution >= 4 is 29.3 Å². The molecular weight excluding hydrogens is 292 g/mol. The Hall–Kier alpha value is -0.710. The summed E-state index contributed by atoms with van der Waals surface area (Å²) >= 11 is 7.54. The first-order valence-electron chi connectivity index (χ1n) is 7.03. The minimum absolute atomic E-state index is 0.290. The minimum atomic E-state index is 0.290. The molecule has 3 rings (SSSR count). The van der Waals surface area contributed by atoms with Crippen molar-refractivity contribution < 1.29 is 4.79 Å². The number of amides is 1. The molecule has 1 N–H and O–H groups in total. The van der Waals surface area contributed by atoms with Gasteiger partial charge in [-0.3, -0.25) is 4.79 Å². The Balaban J connectivity index is 1.42. The summed E-state index contributed by atoms with van der Waals surface area (Å²) in [5.74, 6) is 3.10. The lowest BCUT2D eigenvalue weighted by molar-refractivity contribution is -0.127. The molecule has 3 nitrogen and oxygen atoms in total. The van der Waals surface area contributed by atoms with Crippen molar-refractivity contribution in [2.24, 2.45) is 11.8 Å². The molecule has 108 valence electrons. The molecule has 0 saturated carbocycles. The van der Waals surface area contributed by atoms with Gasteiger partial charge in [-0.1, -0.05) is 23.7 Å². The van der Waals surface area contributed by atoms with Crippen molar-refractivity contribution in [3.8, 4) is 0 Å². The minimum Gasteiger partial charge on any atom is -0.341 e. The van der Waals surface area contributed by atoms with Crippen molar-refractivity contribution in [2.45, 2.75) is 5.75 Å². The molecule has 0 unspecified atom stereocenters. The van der Waals surface area contributed by atoms with Gasteiger partial charge in [-0.25, -0.2) is 0 Å². The first kappa shape index (κ1) is 14.2. The van der Waals surface area contributed by atoms with Crippen LogP contribution in [0.5, 0.6) is 0 Å². The van der Waals surface area contributed by atoms with E-state index in [1.54, 1.807) is 11.8 Å². The number of hydrogen-bond donors (Lipinski definition) is 1. The highest BCUT2D eigenvalue weighted by molar-refractivity contribution is 7.99. The molecule has 2 aliphatic heterocycles. The molecule has 2 atom stereocenters. The van der Waals surface area contributed by atoms with E-state index in [9.17, 15) is 4.79 Å². The molecule has 2 aliphatic rings. The zero-order chi connectivity index (χ0) is 13.9. The number of nitrogens with one attached hydrogen (secondary N) is 1. The van der Waals surface area contributed by atoms with Gasteiger partial charge in [0.1, 0.15) is 0 Å². The van der Waals surface area contributed by atoms with Gasteiger partial charge in [0.2, 0.25) is 5.91 Å². The third kappa shape index (κ3) is 3.30. The molecule has 0 spiro atoms. The second-order valence-electron chi connectivity index (χ2n) is 5.60. The van der Waals surface area contributed by atoms with Gasteiger partial charge in [-0.05, 0) is 29.5 Å². The SMILES string of the molecule is O=C(CSCc1ccc(Cl)cc1)N1C[C@H]2CNC[C@H]2C1. The summed E-state index contributed by atoms with van der Waals surface area (Å²) in [5, 5.41) is 4.16. The van der Waals surface area contributed by atoms with Crippen molar-refractivity contribution in [3.63, 3.8) is 0 Å². The summed E-state index contributed by atoms with van der Waals surface area (Å²) in [7, 11) is 0. The van der Waals surface area contributed by atoms with Gasteiger partial charge in [0.05, 0.1) is 5.75 Å². The van der Waals surface area contributed by atoms with E-state index in [0.717, 1.165) is 37.0 Å². The van der Waals surface area contributed by atoms with Crippen LogP contribution in [0.15, 0.2) is 24.3 Å². The summed E-state index contributed by atoms with van der Waals surface area (Å²) in [6, 6.07) is 7.83. The summed E-state index contributed by atoms with van der Waals surface area (Å²) in [4.78, 5) is 14.2. The lowest BCUT2D eigenvalue weighted by Gasteiger charge is -2.17. The molecule has 1 aromatic carbocycles. The zero-order valence-corrected chi connectivity index (χ0v) is 12.9. The number of benzene rings is 1. The number of likely N-dealkylation sites (tertiary alicyclic amines) is 1. The molecule has 20 heavy (non-hydrogen) atoms. The largest absolute Gasteiger partial charge is 0.341 e. The van der Waals surface area contributed by atoms with Crippen LogP contribution in [0.3, 0.4) is 0 Å². The molecule has 0 radical (unpaired) electrons. The first-order chi connectivity index (χ1) is 9.72. The predicted molar refractivity (Wildman–Crippen MR) is 84.0 cm³/mol. The van der Waals surface area contributed by atoms with Gasteiger partial charge in [0.15, 0.2) is 0 Å². The number of carbonyl (C=O) groups is 1. The van der Waals surface area contributed by atoms with E-state index in [1.807, 2.05) is 29.2 Å². The molecule has 0 bridgehead atoms. The van der Waals surface area contributed by atoms with E-state index in [2.05, 4.69) is 5.32 Å². The Morgan fingerprint density at radius 2 is 1.90 bits per heavy atom. The second-order valence-corrected chi connectivity index (χ2v) is 7.02. The van der Waals surface area contributed by atoms with Crippen LogP contribution in [0, 0.1) is 11.8 Å². The Morgan fingerprint density at radius 3 is 2.55 bits per heavy atom. The Labute approximate surface area is 129 Å². The van der Waals surface area contributed by atoms with E-state index in [4.69, 9.17) is 11.6 Å². The highest BCUT2D eigenvalue weighted by Gasteiger charge is 2.37. The highest BCUT2D eigenvalue weighted by Crippen LogP contribution is 2.27. The fraction of sp³-hybridized carbons (Fsp3) is 0.533. The zero-order valence-electron chi connectivity index (χ0n) is 11.3. The third-order valence-corrected chi connectivity index (χ3v) is 5.39. The van der Waals surface area contributed by atoms with Crippen LogP contribution < -0.4 is 5.32 Å². The standard InChI is InChI=1S/C15H19ClN2OS/c16-14-3-1-11(2-4-14)9-20-10-15(19)18-7-12-5-17-6-13(12)8-18/h1-4,12-13,17H,5-10H2/t12-,13+. The number of hydrogen-bond acceptors (Lipinski definition) is 3. The number of fused-ring (bicyclic) bond motifs is 1. The van der Waals surface area contributed by atoms with E-state index >= 15 is 0 Å². The second kappa shape index (κ2) is 6.37. The fourth-order valence-electron chi connectivity index (χ4n) is 2.99. The van der Waals surface area contributed by atoms with Gasteiger partial charge in [0, 0.05) is 37.0 Å². The van der Waals surface area contributed by atoms with E-state index in [-0.39, 0.29) is 0 Å². The van der Waals surface area contributed by atoms with Crippen LogP contribution in [-0.4, -0.2) is 42.7 Å². The predicted octanol–water partition coefficient (Wildman–Crippen LogP) is 2.25. The number of carbonyl (C=O) groups excluding carboxylic acids is 1. The maximum Gasteiger partial charge on any atom is 0.232 e. The van der Waals surface area contributed by atoms with Gasteiger partial charge < -0.3 is 10.2 Å². The van der Waals surface area contributed by atoms with Gasteiger partial charge in [-0.15, -0.1) is 11.8 Å². The van der Waals surface area contributed by atoms with E-state index < -0.39 is 0 Å². The van der Waals surface area contributed by atoms with Crippen LogP contribution in [-0.2, 0) is 10.5 Å². The average molecular weight is 311 g/mol. The smallest absolute Gasteiger partial charge is 0.232 e. The lowest BCUT2D eigenvalue weighted by Crippen LogP contribution is -2.33. The monoisotopic (exact) mass is 310 g/mol. The van der Waals surface area contributed by atoms with Crippen LogP contribution in [0.2, 0.25) is 5.02 Å². The number of nitrogens with zero attached hydrogens (tertiary/aromatic N) is 1. The summed E-state index contributed by atoms with van der Waals surface area (Å²) in [6.07, 6.45) is 0. The number of rotatable bonds is 4. The molecule has 5 heteroatoms. The van der Waals surface area contributed by atoms with Crippen molar-refractivity contribution in [1.29, 1.82) is 0 Å². The number of thioether (sulfide) groups is 1. The fourth-order valence-corrected chi connectivity index (χ4v) is 4.00. The molecule has 1 aromatic rings. The molecule has 2 fully saturated rings. The van der Waals surface area contributed by atoms with Gasteiger partial charge in [0.25, 0.3) is 0 Å². The Kier molecular flexibility index (Phi) is 4.54. The van der Waals surface area contributed by atoms with Crippen LogP contribution in [0.4, 0.5) is 0 Å². The Bertz CT molecular complexity index is 467. The normalized spacial score (nSPS) is 24.9. The van der Waals surface area contributed by atoms with Gasteiger partial charge in [-0.2, -0.15) is 0 Å². The van der Waals surface area contributed by atoms with E-state index in [1.165, 1.54) is 5.56 Å². The quantitative estimate of drug-likeness (QED) is 0.926. The highest BCUT2D eigenvalue weighted by atomic mass is 35.5. The maximum atomic E-state index is 12.2.